The first-order valence-electron chi connectivity index (χ1n) is 8.36. The van der Waals surface area contributed by atoms with Gasteiger partial charge in [-0.1, -0.05) is 12.1 Å². The van der Waals surface area contributed by atoms with E-state index in [-0.39, 0.29) is 24.1 Å². The highest BCUT2D eigenvalue weighted by Gasteiger charge is 2.29. The molecule has 0 saturated carbocycles. The quantitative estimate of drug-likeness (QED) is 0.931. The number of halogens is 1. The van der Waals surface area contributed by atoms with E-state index in [0.29, 0.717) is 19.6 Å². The molecule has 1 aliphatic heterocycles. The van der Waals surface area contributed by atoms with E-state index in [0.717, 1.165) is 16.7 Å². The zero-order valence-electron chi connectivity index (χ0n) is 14.4. The number of nitrogens with one attached hydrogen (secondary N) is 1. The summed E-state index contributed by atoms with van der Waals surface area (Å²) in [6.07, 6.45) is 3.16. The molecule has 2 amide bonds. The smallest absolute Gasteiger partial charge is 0.317 e. The normalized spacial score (nSPS) is 20.4. The van der Waals surface area contributed by atoms with Crippen molar-refractivity contribution in [3.8, 4) is 0 Å². The Bertz CT molecular complexity index is 736. The first kappa shape index (κ1) is 17.4. The molecule has 0 aliphatic carbocycles. The van der Waals surface area contributed by atoms with Crippen molar-refractivity contribution in [1.82, 2.24) is 15.2 Å². The lowest BCUT2D eigenvalue weighted by atomic mass is 10.1. The van der Waals surface area contributed by atoms with Crippen molar-refractivity contribution >= 4 is 6.03 Å². The van der Waals surface area contributed by atoms with Crippen molar-refractivity contribution in [3.05, 3.63) is 65.2 Å². The van der Waals surface area contributed by atoms with E-state index in [4.69, 9.17) is 4.74 Å². The molecule has 0 spiro atoms. The molecule has 2 atom stereocenters. The van der Waals surface area contributed by atoms with Crippen LogP contribution in [0.15, 0.2) is 42.7 Å². The summed E-state index contributed by atoms with van der Waals surface area (Å²) in [5, 5.41) is 2.95. The lowest BCUT2D eigenvalue weighted by molar-refractivity contribution is -0.0657. The number of hydrogen-bond donors (Lipinski definition) is 1. The van der Waals surface area contributed by atoms with E-state index in [9.17, 15) is 9.18 Å². The highest BCUT2D eigenvalue weighted by molar-refractivity contribution is 5.74. The minimum absolute atomic E-state index is 0.0859. The molecule has 2 aromatic rings. The van der Waals surface area contributed by atoms with Crippen LogP contribution in [0, 0.1) is 12.7 Å². The predicted molar refractivity (Wildman–Crippen MR) is 92.5 cm³/mol. The van der Waals surface area contributed by atoms with Gasteiger partial charge in [0.1, 0.15) is 11.9 Å². The lowest BCUT2D eigenvalue weighted by Crippen LogP contribution is -2.49. The molecule has 2 heterocycles. The Kier molecular flexibility index (Phi) is 5.28. The first-order chi connectivity index (χ1) is 12.0. The van der Waals surface area contributed by atoms with Gasteiger partial charge in [0.25, 0.3) is 0 Å². The van der Waals surface area contributed by atoms with Gasteiger partial charge in [-0.2, -0.15) is 0 Å². The van der Waals surface area contributed by atoms with Gasteiger partial charge in [0.15, 0.2) is 0 Å². The maximum absolute atomic E-state index is 13.1. The molecule has 3 rings (SSSR count). The third-order valence-corrected chi connectivity index (χ3v) is 4.36. The Labute approximate surface area is 146 Å². The number of nitrogens with zero attached hydrogens (tertiary/aromatic N) is 2. The minimum Gasteiger partial charge on any atom is -0.367 e. The van der Waals surface area contributed by atoms with Crippen LogP contribution in [-0.4, -0.2) is 35.1 Å². The van der Waals surface area contributed by atoms with Crippen LogP contribution in [0.1, 0.15) is 29.7 Å². The third kappa shape index (κ3) is 4.33. The number of morpholine rings is 1. The Morgan fingerprint density at radius 2 is 2.08 bits per heavy atom. The summed E-state index contributed by atoms with van der Waals surface area (Å²) in [6, 6.07) is 8.00. The fraction of sp³-hybridized carbons (Fsp3) is 0.368. The number of carbonyl (C=O) groups is 1. The SMILES string of the molecule is Cc1cnccc1CNC(=O)N1C[C@@H](c2ccc(F)cc2)O[C@@H](C)C1. The Morgan fingerprint density at radius 3 is 2.80 bits per heavy atom. The molecule has 1 aliphatic rings. The Morgan fingerprint density at radius 1 is 1.32 bits per heavy atom. The monoisotopic (exact) mass is 343 g/mol. The van der Waals surface area contributed by atoms with Gasteiger partial charge in [0.2, 0.25) is 0 Å². The van der Waals surface area contributed by atoms with E-state index in [1.165, 1.54) is 12.1 Å². The van der Waals surface area contributed by atoms with E-state index < -0.39 is 0 Å². The van der Waals surface area contributed by atoms with Gasteiger partial charge in [0.05, 0.1) is 12.6 Å². The summed E-state index contributed by atoms with van der Waals surface area (Å²) in [5.41, 5.74) is 2.96. The molecular formula is C19H22FN3O2. The number of aromatic nitrogens is 1. The van der Waals surface area contributed by atoms with E-state index in [1.54, 1.807) is 29.4 Å². The maximum atomic E-state index is 13.1. The molecule has 25 heavy (non-hydrogen) atoms. The van der Waals surface area contributed by atoms with Gasteiger partial charge in [0, 0.05) is 25.5 Å². The van der Waals surface area contributed by atoms with Crippen LogP contribution in [0.25, 0.3) is 0 Å². The zero-order chi connectivity index (χ0) is 17.8. The van der Waals surface area contributed by atoms with Gasteiger partial charge in [-0.3, -0.25) is 4.98 Å². The molecule has 0 radical (unpaired) electrons. The number of pyridine rings is 1. The average molecular weight is 343 g/mol. The molecule has 1 fully saturated rings. The standard InChI is InChI=1S/C19H22FN3O2/c1-13-9-21-8-7-16(13)10-22-19(24)23-11-14(2)25-18(12-23)15-3-5-17(20)6-4-15/h3-9,14,18H,10-12H2,1-2H3,(H,22,24)/t14-,18-/m0/s1. The third-order valence-electron chi connectivity index (χ3n) is 4.36. The molecule has 1 N–H and O–H groups in total. The number of carbonyl (C=O) groups excluding carboxylic acids is 1. The molecule has 5 nitrogen and oxygen atoms in total. The first-order valence-corrected chi connectivity index (χ1v) is 8.36. The van der Waals surface area contributed by atoms with Gasteiger partial charge < -0.3 is 15.0 Å². The Balaban J connectivity index is 1.63. The van der Waals surface area contributed by atoms with Crippen molar-refractivity contribution in [2.45, 2.75) is 32.6 Å². The fourth-order valence-electron chi connectivity index (χ4n) is 2.96. The van der Waals surface area contributed by atoms with Crippen LogP contribution in [0.5, 0.6) is 0 Å². The Hall–Kier alpha value is -2.47. The lowest BCUT2D eigenvalue weighted by Gasteiger charge is -2.37. The van der Waals surface area contributed by atoms with Crippen molar-refractivity contribution < 1.29 is 13.9 Å². The molecule has 1 saturated heterocycles. The number of hydrogen-bond acceptors (Lipinski definition) is 3. The molecule has 0 bridgehead atoms. The van der Waals surface area contributed by atoms with Gasteiger partial charge in [-0.25, -0.2) is 9.18 Å². The van der Waals surface area contributed by atoms with Gasteiger partial charge in [-0.15, -0.1) is 0 Å². The van der Waals surface area contributed by atoms with Gasteiger partial charge in [-0.05, 0) is 48.7 Å². The molecule has 0 unspecified atom stereocenters. The molecule has 1 aromatic heterocycles. The van der Waals surface area contributed by atoms with E-state index in [1.807, 2.05) is 19.9 Å². The predicted octanol–water partition coefficient (Wildman–Crippen LogP) is 3.20. The van der Waals surface area contributed by atoms with E-state index >= 15 is 0 Å². The second-order valence-corrected chi connectivity index (χ2v) is 6.35. The molecule has 6 heteroatoms. The highest BCUT2D eigenvalue weighted by Crippen LogP contribution is 2.25. The van der Waals surface area contributed by atoms with Crippen molar-refractivity contribution in [1.29, 1.82) is 0 Å². The highest BCUT2D eigenvalue weighted by atomic mass is 19.1. The number of aryl methyl sites for hydroxylation is 1. The van der Waals surface area contributed by atoms with Crippen molar-refractivity contribution in [2.24, 2.45) is 0 Å². The zero-order valence-corrected chi connectivity index (χ0v) is 14.4. The number of ether oxygens (including phenoxy) is 1. The molecule has 1 aromatic carbocycles. The maximum Gasteiger partial charge on any atom is 0.317 e. The second-order valence-electron chi connectivity index (χ2n) is 6.35. The van der Waals surface area contributed by atoms with Crippen LogP contribution in [-0.2, 0) is 11.3 Å². The summed E-state index contributed by atoms with van der Waals surface area (Å²) in [4.78, 5) is 18.3. The molecular weight excluding hydrogens is 321 g/mol. The largest absolute Gasteiger partial charge is 0.367 e. The summed E-state index contributed by atoms with van der Waals surface area (Å²) >= 11 is 0. The minimum atomic E-state index is -0.282. The molecule has 132 valence electrons. The van der Waals surface area contributed by atoms with Crippen molar-refractivity contribution in [2.75, 3.05) is 13.1 Å². The van der Waals surface area contributed by atoms with Crippen LogP contribution < -0.4 is 5.32 Å². The average Bonchev–Trinajstić information content (AvgIpc) is 2.61. The number of benzene rings is 1. The second kappa shape index (κ2) is 7.61. The van der Waals surface area contributed by atoms with Crippen LogP contribution in [0.3, 0.4) is 0 Å². The fourth-order valence-corrected chi connectivity index (χ4v) is 2.96. The van der Waals surface area contributed by atoms with Crippen LogP contribution >= 0.6 is 0 Å². The summed E-state index contributed by atoms with van der Waals surface area (Å²) in [5.74, 6) is -0.282. The van der Waals surface area contributed by atoms with Gasteiger partial charge >= 0.3 is 6.03 Å². The van der Waals surface area contributed by atoms with Crippen LogP contribution in [0.4, 0.5) is 9.18 Å². The summed E-state index contributed by atoms with van der Waals surface area (Å²) in [6.45, 7) is 5.33. The van der Waals surface area contributed by atoms with E-state index in [2.05, 4.69) is 10.3 Å². The topological polar surface area (TPSA) is 54.5 Å². The summed E-state index contributed by atoms with van der Waals surface area (Å²) < 4.78 is 19.0. The van der Waals surface area contributed by atoms with Crippen molar-refractivity contribution in [3.63, 3.8) is 0 Å². The summed E-state index contributed by atoms with van der Waals surface area (Å²) in [7, 11) is 0. The number of rotatable bonds is 3. The number of urea groups is 1. The number of amides is 2. The van der Waals surface area contributed by atoms with Crippen LogP contribution in [0.2, 0.25) is 0 Å².